The number of hydrogen-bond donors (Lipinski definition) is 0. The summed E-state index contributed by atoms with van der Waals surface area (Å²) in [5.41, 5.74) is -0.172. The van der Waals surface area contributed by atoms with E-state index in [1.807, 2.05) is 22.6 Å². The Morgan fingerprint density at radius 2 is 2.00 bits per heavy atom. The van der Waals surface area contributed by atoms with Crippen molar-refractivity contribution in [2.24, 2.45) is 0 Å². The maximum Gasteiger partial charge on any atom is 0.416 e. The molecule has 0 N–H and O–H groups in total. The predicted molar refractivity (Wildman–Crippen MR) is 60.9 cm³/mol. The van der Waals surface area contributed by atoms with Crippen molar-refractivity contribution >= 4 is 34.4 Å². The zero-order valence-electron chi connectivity index (χ0n) is 7.36. The van der Waals surface area contributed by atoms with E-state index in [2.05, 4.69) is 0 Å². The Labute approximate surface area is 98.4 Å². The van der Waals surface area contributed by atoms with Gasteiger partial charge < -0.3 is 0 Å². The molecule has 0 saturated heterocycles. The number of thioether (sulfide) groups is 1. The van der Waals surface area contributed by atoms with E-state index in [1.165, 1.54) is 17.8 Å². The van der Waals surface area contributed by atoms with E-state index < -0.39 is 11.7 Å². The van der Waals surface area contributed by atoms with Crippen molar-refractivity contribution in [3.8, 4) is 0 Å². The van der Waals surface area contributed by atoms with Gasteiger partial charge in [0.2, 0.25) is 0 Å². The molecule has 0 aliphatic carbocycles. The number of alkyl halides is 4. The molecule has 0 atom stereocenters. The zero-order chi connectivity index (χ0) is 10.8. The Morgan fingerprint density at radius 1 is 1.36 bits per heavy atom. The van der Waals surface area contributed by atoms with Crippen LogP contribution in [0, 0.1) is 0 Å². The van der Waals surface area contributed by atoms with Gasteiger partial charge in [-0.25, -0.2) is 0 Å². The van der Waals surface area contributed by atoms with Gasteiger partial charge in [0.1, 0.15) is 0 Å². The summed E-state index contributed by atoms with van der Waals surface area (Å²) >= 11 is 3.25. The first-order chi connectivity index (χ1) is 6.49. The Kier molecular flexibility index (Phi) is 4.12. The van der Waals surface area contributed by atoms with Crippen molar-refractivity contribution < 1.29 is 13.2 Å². The average Bonchev–Trinajstić information content (AvgIpc) is 2.15. The number of hydrogen-bond acceptors (Lipinski definition) is 1. The molecule has 0 aliphatic heterocycles. The molecule has 0 aromatic heterocycles. The molecule has 0 nitrogen and oxygen atoms in total. The topological polar surface area (TPSA) is 0 Å². The molecule has 0 fully saturated rings. The fourth-order valence-electron chi connectivity index (χ4n) is 1.06. The van der Waals surface area contributed by atoms with E-state index in [9.17, 15) is 13.2 Å². The van der Waals surface area contributed by atoms with Crippen LogP contribution in [0.1, 0.15) is 11.1 Å². The lowest BCUT2D eigenvalue weighted by molar-refractivity contribution is -0.138. The quantitative estimate of drug-likeness (QED) is 0.440. The van der Waals surface area contributed by atoms with Crippen LogP contribution in [-0.4, -0.2) is 6.26 Å². The maximum atomic E-state index is 12.5. The molecule has 0 radical (unpaired) electrons. The minimum Gasteiger partial charge on any atom is -0.166 e. The maximum absolute atomic E-state index is 12.5. The normalized spacial score (nSPS) is 11.8. The average molecular weight is 332 g/mol. The Balaban J connectivity index is 3.22. The van der Waals surface area contributed by atoms with Gasteiger partial charge in [0, 0.05) is 9.32 Å². The van der Waals surface area contributed by atoms with Crippen LogP contribution in [-0.2, 0) is 10.6 Å². The third-order valence-corrected chi connectivity index (χ3v) is 3.31. The van der Waals surface area contributed by atoms with Gasteiger partial charge in [-0.1, -0.05) is 28.7 Å². The second-order valence-corrected chi connectivity index (χ2v) is 4.30. The smallest absolute Gasteiger partial charge is 0.166 e. The van der Waals surface area contributed by atoms with Gasteiger partial charge in [0.15, 0.2) is 0 Å². The van der Waals surface area contributed by atoms with Gasteiger partial charge >= 0.3 is 6.18 Å². The molecule has 5 heteroatoms. The highest BCUT2D eigenvalue weighted by molar-refractivity contribution is 14.1. The minimum atomic E-state index is -4.24. The van der Waals surface area contributed by atoms with Crippen LogP contribution in [0.4, 0.5) is 13.2 Å². The molecular formula is C9H8F3IS. The van der Waals surface area contributed by atoms with Crippen LogP contribution in [0.2, 0.25) is 0 Å². The summed E-state index contributed by atoms with van der Waals surface area (Å²) in [6.45, 7) is 0. The second-order valence-electron chi connectivity index (χ2n) is 2.65. The first-order valence-electron chi connectivity index (χ1n) is 3.79. The third-order valence-electron chi connectivity index (χ3n) is 1.77. The van der Waals surface area contributed by atoms with Gasteiger partial charge in [0.05, 0.1) is 5.56 Å². The molecule has 0 spiro atoms. The Morgan fingerprint density at radius 3 is 2.43 bits per heavy atom. The molecule has 14 heavy (non-hydrogen) atoms. The summed E-state index contributed by atoms with van der Waals surface area (Å²) in [4.78, 5) is 0.644. The van der Waals surface area contributed by atoms with Gasteiger partial charge in [-0.15, -0.1) is 11.8 Å². The van der Waals surface area contributed by atoms with Gasteiger partial charge in [-0.05, 0) is 24.0 Å². The first kappa shape index (κ1) is 12.2. The molecular weight excluding hydrogens is 324 g/mol. The fraction of sp³-hybridized carbons (Fsp3) is 0.333. The highest BCUT2D eigenvalue weighted by Crippen LogP contribution is 2.35. The third kappa shape index (κ3) is 2.79. The molecule has 1 aromatic carbocycles. The van der Waals surface area contributed by atoms with E-state index in [0.29, 0.717) is 14.9 Å². The van der Waals surface area contributed by atoms with E-state index in [0.717, 1.165) is 0 Å². The number of halogens is 4. The molecule has 0 aliphatic rings. The summed E-state index contributed by atoms with van der Waals surface area (Å²) in [7, 11) is 0. The summed E-state index contributed by atoms with van der Waals surface area (Å²) in [6.07, 6.45) is -2.48. The summed E-state index contributed by atoms with van der Waals surface area (Å²) < 4.78 is 38.0. The van der Waals surface area contributed by atoms with Crippen molar-refractivity contribution in [3.63, 3.8) is 0 Å². The molecule has 1 rings (SSSR count). The molecule has 1 aromatic rings. The summed E-state index contributed by atoms with van der Waals surface area (Å²) in [5.74, 6) is 0. The molecule has 0 unspecified atom stereocenters. The monoisotopic (exact) mass is 332 g/mol. The lowest BCUT2D eigenvalue weighted by Crippen LogP contribution is -2.08. The van der Waals surface area contributed by atoms with Gasteiger partial charge in [-0.3, -0.25) is 0 Å². The summed E-state index contributed by atoms with van der Waals surface area (Å²) in [5, 5.41) is 0. The van der Waals surface area contributed by atoms with Gasteiger partial charge in [-0.2, -0.15) is 13.2 Å². The van der Waals surface area contributed by atoms with Crippen LogP contribution in [0.3, 0.4) is 0 Å². The number of rotatable bonds is 2. The minimum absolute atomic E-state index is 0.343. The van der Waals surface area contributed by atoms with Crippen molar-refractivity contribution in [3.05, 3.63) is 29.3 Å². The predicted octanol–water partition coefficient (Wildman–Crippen LogP) is 4.36. The number of benzene rings is 1. The highest BCUT2D eigenvalue weighted by atomic mass is 127. The highest BCUT2D eigenvalue weighted by Gasteiger charge is 2.33. The molecule has 78 valence electrons. The SMILES string of the molecule is CSc1ccc(CI)c(C(F)(F)F)c1. The van der Waals surface area contributed by atoms with E-state index in [-0.39, 0.29) is 0 Å². The Bertz CT molecular complexity index is 322. The molecule has 0 bridgehead atoms. The standard InChI is InChI=1S/C9H8F3IS/c1-14-7-3-2-6(5-13)8(4-7)9(10,11)12/h2-4H,5H2,1H3. The van der Waals surface area contributed by atoms with Crippen molar-refractivity contribution in [1.82, 2.24) is 0 Å². The van der Waals surface area contributed by atoms with E-state index >= 15 is 0 Å². The zero-order valence-corrected chi connectivity index (χ0v) is 10.3. The fourth-order valence-corrected chi connectivity index (χ4v) is 2.17. The van der Waals surface area contributed by atoms with Crippen LogP contribution in [0.15, 0.2) is 23.1 Å². The van der Waals surface area contributed by atoms with Crippen molar-refractivity contribution in [2.75, 3.05) is 6.26 Å². The second kappa shape index (κ2) is 4.74. The first-order valence-corrected chi connectivity index (χ1v) is 6.54. The van der Waals surface area contributed by atoms with E-state index in [4.69, 9.17) is 0 Å². The van der Waals surface area contributed by atoms with E-state index in [1.54, 1.807) is 18.4 Å². The van der Waals surface area contributed by atoms with Crippen LogP contribution < -0.4 is 0 Å². The molecule has 0 saturated carbocycles. The largest absolute Gasteiger partial charge is 0.416 e. The van der Waals surface area contributed by atoms with Crippen molar-refractivity contribution in [2.45, 2.75) is 15.5 Å². The van der Waals surface area contributed by atoms with Crippen LogP contribution in [0.5, 0.6) is 0 Å². The Hall–Kier alpha value is 0.0900. The lowest BCUT2D eigenvalue weighted by Gasteiger charge is -2.12. The summed E-state index contributed by atoms with van der Waals surface area (Å²) in [6, 6.07) is 4.47. The van der Waals surface area contributed by atoms with Crippen molar-refractivity contribution in [1.29, 1.82) is 0 Å². The molecule has 0 amide bonds. The van der Waals surface area contributed by atoms with Crippen LogP contribution in [0.25, 0.3) is 0 Å². The van der Waals surface area contributed by atoms with Crippen LogP contribution >= 0.6 is 34.4 Å². The van der Waals surface area contributed by atoms with Gasteiger partial charge in [0.25, 0.3) is 0 Å². The molecule has 0 heterocycles. The lowest BCUT2D eigenvalue weighted by atomic mass is 10.1.